The third-order valence-corrected chi connectivity index (χ3v) is 6.62. The van der Waals surface area contributed by atoms with Gasteiger partial charge in [-0.05, 0) is 6.08 Å². The predicted molar refractivity (Wildman–Crippen MR) is 110 cm³/mol. The monoisotopic (exact) mass is 412 g/mol. The molecule has 1 N–H and O–H groups in total. The first-order valence-corrected chi connectivity index (χ1v) is 10.4. The van der Waals surface area contributed by atoms with E-state index < -0.39 is 0 Å². The van der Waals surface area contributed by atoms with Gasteiger partial charge in [0.1, 0.15) is 15.5 Å². The van der Waals surface area contributed by atoms with Crippen molar-refractivity contribution in [1.82, 2.24) is 24.3 Å². The number of fused-ring (bicyclic) bond motifs is 3. The molecule has 0 atom stereocenters. The normalized spacial score (nSPS) is 13.9. The van der Waals surface area contributed by atoms with Gasteiger partial charge in [0.05, 0.1) is 42.0 Å². The average Bonchev–Trinajstić information content (AvgIpc) is 3.46. The second kappa shape index (κ2) is 6.73. The zero-order valence-corrected chi connectivity index (χ0v) is 16.6. The molecule has 0 saturated carbocycles. The summed E-state index contributed by atoms with van der Waals surface area (Å²) in [7, 11) is 1.86. The number of aryl methyl sites for hydroxylation is 1. The Labute approximate surface area is 167 Å². The van der Waals surface area contributed by atoms with Crippen LogP contribution in [0.3, 0.4) is 0 Å². The number of hydrogen-bond donors (Lipinski definition) is 1. The van der Waals surface area contributed by atoms with Crippen molar-refractivity contribution in [1.29, 1.82) is 0 Å². The van der Waals surface area contributed by atoms with Gasteiger partial charge in [0, 0.05) is 24.2 Å². The fraction of sp³-hybridized carbons (Fsp3) is 0.278. The molecule has 0 aliphatic carbocycles. The first-order valence-electron chi connectivity index (χ1n) is 8.72. The van der Waals surface area contributed by atoms with E-state index in [4.69, 9.17) is 4.98 Å². The molecule has 0 amide bonds. The second-order valence-corrected chi connectivity index (χ2v) is 8.52. The van der Waals surface area contributed by atoms with Crippen LogP contribution >= 0.6 is 22.7 Å². The maximum Gasteiger partial charge on any atom is 0.291 e. The van der Waals surface area contributed by atoms with Crippen LogP contribution in [0, 0.1) is 0 Å². The molecule has 4 aromatic rings. The van der Waals surface area contributed by atoms with Crippen molar-refractivity contribution in [2.45, 2.75) is 19.6 Å². The van der Waals surface area contributed by atoms with Gasteiger partial charge >= 0.3 is 0 Å². The van der Waals surface area contributed by atoms with Gasteiger partial charge in [-0.1, -0.05) is 6.08 Å². The highest BCUT2D eigenvalue weighted by Crippen LogP contribution is 2.31. The van der Waals surface area contributed by atoms with Crippen LogP contribution in [0.15, 0.2) is 33.5 Å². The van der Waals surface area contributed by atoms with Gasteiger partial charge in [-0.25, -0.2) is 14.6 Å². The summed E-state index contributed by atoms with van der Waals surface area (Å²) in [6.45, 7) is 0.993. The molecule has 0 saturated heterocycles. The Kier molecular flexibility index (Phi) is 4.18. The zero-order valence-electron chi connectivity index (χ0n) is 15.0. The molecule has 5 heterocycles. The lowest BCUT2D eigenvalue weighted by molar-refractivity contribution is 0.281. The van der Waals surface area contributed by atoms with Crippen LogP contribution in [0.4, 0.5) is 0 Å². The predicted octanol–water partition coefficient (Wildman–Crippen LogP) is 1.90. The SMILES string of the molecule is Cn1c2nc(Cc3csc(CO)n3)sc2c2cnn(CC3=NCC=C3)c(=O)c21. The van der Waals surface area contributed by atoms with Crippen molar-refractivity contribution < 1.29 is 5.11 Å². The zero-order chi connectivity index (χ0) is 19.3. The molecule has 4 aromatic heterocycles. The van der Waals surface area contributed by atoms with Gasteiger partial charge < -0.3 is 9.67 Å². The number of hydrogen-bond acceptors (Lipinski definition) is 8. The number of aromatic nitrogens is 5. The molecular weight excluding hydrogens is 396 g/mol. The summed E-state index contributed by atoms with van der Waals surface area (Å²) in [5.41, 5.74) is 3.00. The highest BCUT2D eigenvalue weighted by molar-refractivity contribution is 7.19. The maximum absolute atomic E-state index is 13.0. The Bertz CT molecular complexity index is 1320. The molecule has 1 aliphatic rings. The van der Waals surface area contributed by atoms with Crippen molar-refractivity contribution in [3.05, 3.63) is 49.8 Å². The van der Waals surface area contributed by atoms with E-state index in [0.717, 1.165) is 32.1 Å². The minimum Gasteiger partial charge on any atom is -0.389 e. The molecule has 28 heavy (non-hydrogen) atoms. The molecule has 8 nitrogen and oxygen atoms in total. The Hall–Kier alpha value is -2.69. The summed E-state index contributed by atoms with van der Waals surface area (Å²) < 4.78 is 4.25. The fourth-order valence-corrected chi connectivity index (χ4v) is 5.12. The number of thiazole rings is 2. The molecular formula is C18H16N6O2S2. The van der Waals surface area contributed by atoms with E-state index in [9.17, 15) is 9.90 Å². The smallest absolute Gasteiger partial charge is 0.291 e. The lowest BCUT2D eigenvalue weighted by atomic mass is 10.3. The Morgan fingerprint density at radius 1 is 1.29 bits per heavy atom. The van der Waals surface area contributed by atoms with Crippen LogP contribution < -0.4 is 5.56 Å². The first-order chi connectivity index (χ1) is 13.6. The average molecular weight is 413 g/mol. The first kappa shape index (κ1) is 17.4. The van der Waals surface area contributed by atoms with Crippen LogP contribution in [0.5, 0.6) is 0 Å². The molecule has 0 unspecified atom stereocenters. The number of aliphatic hydroxyl groups excluding tert-OH is 1. The van der Waals surface area contributed by atoms with Gasteiger partial charge in [-0.15, -0.1) is 22.7 Å². The van der Waals surface area contributed by atoms with E-state index in [1.807, 2.05) is 29.1 Å². The molecule has 0 radical (unpaired) electrons. The van der Waals surface area contributed by atoms with Gasteiger partial charge in [0.15, 0.2) is 5.65 Å². The van der Waals surface area contributed by atoms with Crippen molar-refractivity contribution >= 4 is 49.6 Å². The Morgan fingerprint density at radius 2 is 2.18 bits per heavy atom. The molecule has 142 valence electrons. The van der Waals surface area contributed by atoms with Crippen LogP contribution in [0.2, 0.25) is 0 Å². The van der Waals surface area contributed by atoms with Crippen LogP contribution in [0.25, 0.3) is 21.3 Å². The van der Waals surface area contributed by atoms with Crippen LogP contribution in [-0.4, -0.2) is 41.7 Å². The quantitative estimate of drug-likeness (QED) is 0.540. The molecule has 10 heteroatoms. The molecule has 0 bridgehead atoms. The second-order valence-electron chi connectivity index (χ2n) is 6.49. The summed E-state index contributed by atoms with van der Waals surface area (Å²) in [6.07, 6.45) is 6.24. The molecule has 0 spiro atoms. The van der Waals surface area contributed by atoms with Crippen LogP contribution in [-0.2, 0) is 26.6 Å². The standard InChI is InChI=1S/C18H16N6O2S2/c1-23-15-12(6-20-24(18(15)26)7-10-3-2-4-19-10)16-17(23)22-13(28-16)5-11-9-27-14(8-25)21-11/h2-3,6,9,25H,4-5,7-8H2,1H3. The fourth-order valence-electron chi connectivity index (χ4n) is 3.35. The Balaban J connectivity index is 1.55. The third-order valence-electron chi connectivity index (χ3n) is 4.66. The Morgan fingerprint density at radius 3 is 2.93 bits per heavy atom. The minimum absolute atomic E-state index is 0.0463. The molecule has 1 aliphatic heterocycles. The highest BCUT2D eigenvalue weighted by Gasteiger charge is 2.19. The van der Waals surface area contributed by atoms with Crippen molar-refractivity contribution in [2.24, 2.45) is 12.0 Å². The largest absolute Gasteiger partial charge is 0.389 e. The van der Waals surface area contributed by atoms with E-state index in [2.05, 4.69) is 15.1 Å². The van der Waals surface area contributed by atoms with Crippen LogP contribution in [0.1, 0.15) is 15.7 Å². The van der Waals surface area contributed by atoms with Crippen molar-refractivity contribution in [2.75, 3.05) is 6.54 Å². The van der Waals surface area contributed by atoms with E-state index in [0.29, 0.717) is 30.0 Å². The van der Waals surface area contributed by atoms with E-state index in [1.54, 1.807) is 17.5 Å². The van der Waals surface area contributed by atoms with Gasteiger partial charge in [0.25, 0.3) is 5.56 Å². The third kappa shape index (κ3) is 2.81. The van der Waals surface area contributed by atoms with E-state index in [-0.39, 0.29) is 12.2 Å². The van der Waals surface area contributed by atoms with Gasteiger partial charge in [-0.3, -0.25) is 9.79 Å². The summed E-state index contributed by atoms with van der Waals surface area (Å²) in [5, 5.41) is 17.9. The van der Waals surface area contributed by atoms with Gasteiger partial charge in [-0.2, -0.15) is 5.10 Å². The number of allylic oxidation sites excluding steroid dienone is 1. The maximum atomic E-state index is 13.0. The molecule has 0 fully saturated rings. The van der Waals surface area contributed by atoms with E-state index >= 15 is 0 Å². The number of aliphatic imine (C=N–C) groups is 1. The summed E-state index contributed by atoms with van der Waals surface area (Å²) in [6, 6.07) is 0. The highest BCUT2D eigenvalue weighted by atomic mass is 32.1. The van der Waals surface area contributed by atoms with Crippen molar-refractivity contribution in [3.63, 3.8) is 0 Å². The number of nitrogens with zero attached hydrogens (tertiary/aromatic N) is 6. The lowest BCUT2D eigenvalue weighted by Gasteiger charge is -2.04. The lowest BCUT2D eigenvalue weighted by Crippen LogP contribution is -2.26. The molecule has 0 aromatic carbocycles. The summed E-state index contributed by atoms with van der Waals surface area (Å²) in [5.74, 6) is 0. The molecule has 5 rings (SSSR count). The van der Waals surface area contributed by atoms with E-state index in [1.165, 1.54) is 16.0 Å². The number of rotatable bonds is 5. The number of aliphatic hydroxyl groups is 1. The van der Waals surface area contributed by atoms with Gasteiger partial charge in [0.2, 0.25) is 0 Å². The topological polar surface area (TPSA) is 98.2 Å². The summed E-state index contributed by atoms with van der Waals surface area (Å²) >= 11 is 3.00. The summed E-state index contributed by atoms with van der Waals surface area (Å²) in [4.78, 5) is 26.4. The minimum atomic E-state index is -0.137. The van der Waals surface area contributed by atoms with Crippen molar-refractivity contribution in [3.8, 4) is 0 Å².